The second-order valence-corrected chi connectivity index (χ2v) is 8.92. The van der Waals surface area contributed by atoms with Crippen molar-refractivity contribution in [2.24, 2.45) is 5.41 Å². The lowest BCUT2D eigenvalue weighted by Gasteiger charge is -2.35. The Bertz CT molecular complexity index is 660. The first-order chi connectivity index (χ1) is 15.6. The maximum absolute atomic E-state index is 13.1. The Morgan fingerprint density at radius 1 is 1.21 bits per heavy atom. The first-order valence-corrected chi connectivity index (χ1v) is 12.0. The van der Waals surface area contributed by atoms with E-state index in [4.69, 9.17) is 0 Å². The molecule has 190 valence electrons. The molecule has 1 rings (SSSR count). The van der Waals surface area contributed by atoms with Gasteiger partial charge in [-0.1, -0.05) is 60.5 Å². The molecule has 1 aliphatic rings. The lowest BCUT2D eigenvalue weighted by atomic mass is 9.85. The van der Waals surface area contributed by atoms with Crippen molar-refractivity contribution in [3.8, 4) is 0 Å². The van der Waals surface area contributed by atoms with E-state index in [1.165, 1.54) is 11.0 Å². The van der Waals surface area contributed by atoms with Crippen LogP contribution in [0.25, 0.3) is 0 Å². The Kier molecular flexibility index (Phi) is 14.5. The number of ketones is 1. The van der Waals surface area contributed by atoms with Crippen LogP contribution in [0.15, 0.2) is 12.7 Å². The van der Waals surface area contributed by atoms with E-state index in [9.17, 15) is 24.3 Å². The number of carbonyl (C=O) groups is 4. The predicted octanol–water partition coefficient (Wildman–Crippen LogP) is 1.50. The van der Waals surface area contributed by atoms with Gasteiger partial charge in [-0.2, -0.15) is 0 Å². The van der Waals surface area contributed by atoms with E-state index in [0.717, 1.165) is 6.42 Å². The molecule has 9 nitrogen and oxygen atoms in total. The molecule has 0 aromatic rings. The van der Waals surface area contributed by atoms with Crippen LogP contribution in [0.4, 0.5) is 0 Å². The van der Waals surface area contributed by atoms with Gasteiger partial charge in [0, 0.05) is 13.1 Å². The Morgan fingerprint density at radius 3 is 2.36 bits per heavy atom. The molecular weight excluding hydrogens is 424 g/mol. The van der Waals surface area contributed by atoms with Crippen molar-refractivity contribution in [1.29, 1.82) is 0 Å². The summed E-state index contributed by atoms with van der Waals surface area (Å²) in [4.78, 5) is 52.3. The molecule has 1 saturated heterocycles. The standard InChI is InChI=1S/C22H38N4O5.C2H6/c1-6-8-10-15(17(28)20(30)23-12-7-2)25-19(29)16-11-9-13-26(16)21(31)18(24-14-27)22(3,4)5;1-2/h7,15-16,18,24,27H,2,6,8-14H2,1,3-5H3,(H,23,30)(H,25,29);1-2H3. The molecule has 1 heterocycles. The minimum Gasteiger partial charge on any atom is -0.381 e. The molecule has 0 aromatic heterocycles. The van der Waals surface area contributed by atoms with Gasteiger partial charge in [0.1, 0.15) is 6.04 Å². The van der Waals surface area contributed by atoms with Gasteiger partial charge in [-0.3, -0.25) is 24.5 Å². The third-order valence-corrected chi connectivity index (χ3v) is 5.36. The highest BCUT2D eigenvalue weighted by Gasteiger charge is 2.41. The van der Waals surface area contributed by atoms with E-state index in [1.54, 1.807) is 0 Å². The summed E-state index contributed by atoms with van der Waals surface area (Å²) in [6, 6.07) is -2.32. The number of rotatable bonds is 12. The monoisotopic (exact) mass is 468 g/mol. The largest absolute Gasteiger partial charge is 0.381 e. The Balaban J connectivity index is 0.00000497. The minimum atomic E-state index is -0.941. The van der Waals surface area contributed by atoms with E-state index >= 15 is 0 Å². The van der Waals surface area contributed by atoms with Gasteiger partial charge < -0.3 is 20.6 Å². The molecular formula is C24H44N4O5. The SMILES string of the molecule is C=CCNC(=O)C(=O)C(CCCC)NC(=O)C1CCCN1C(=O)C(NCO)C(C)(C)C.CC. The van der Waals surface area contributed by atoms with Gasteiger partial charge in [0.05, 0.1) is 18.8 Å². The fourth-order valence-corrected chi connectivity index (χ4v) is 3.68. The molecule has 3 amide bonds. The molecule has 4 N–H and O–H groups in total. The Hall–Kier alpha value is -2.26. The smallest absolute Gasteiger partial charge is 0.289 e. The molecule has 1 aliphatic heterocycles. The van der Waals surface area contributed by atoms with Crippen molar-refractivity contribution in [3.05, 3.63) is 12.7 Å². The van der Waals surface area contributed by atoms with Gasteiger partial charge in [0.25, 0.3) is 5.91 Å². The van der Waals surface area contributed by atoms with E-state index in [2.05, 4.69) is 22.5 Å². The number of aliphatic hydroxyl groups excluding tert-OH is 1. The van der Waals surface area contributed by atoms with Crippen LogP contribution >= 0.6 is 0 Å². The van der Waals surface area contributed by atoms with Gasteiger partial charge in [0.15, 0.2) is 0 Å². The number of unbranched alkanes of at least 4 members (excludes halogenated alkanes) is 1. The van der Waals surface area contributed by atoms with Crippen LogP contribution in [0.5, 0.6) is 0 Å². The number of Topliss-reactive ketones (excluding diaryl/α,β-unsaturated/α-hetero) is 1. The van der Waals surface area contributed by atoms with Crippen LogP contribution < -0.4 is 16.0 Å². The molecule has 0 aliphatic carbocycles. The molecule has 0 bridgehead atoms. The van der Waals surface area contributed by atoms with Crippen molar-refractivity contribution in [1.82, 2.24) is 20.9 Å². The van der Waals surface area contributed by atoms with E-state index in [0.29, 0.717) is 32.2 Å². The summed E-state index contributed by atoms with van der Waals surface area (Å²) in [5, 5.41) is 17.3. The highest BCUT2D eigenvalue weighted by atomic mass is 16.3. The maximum Gasteiger partial charge on any atom is 0.289 e. The average Bonchev–Trinajstić information content (AvgIpc) is 3.28. The highest BCUT2D eigenvalue weighted by molar-refractivity contribution is 6.38. The van der Waals surface area contributed by atoms with Crippen LogP contribution in [-0.2, 0) is 19.2 Å². The number of hydrogen-bond donors (Lipinski definition) is 4. The third kappa shape index (κ3) is 9.63. The van der Waals surface area contributed by atoms with Crippen molar-refractivity contribution in [2.75, 3.05) is 19.8 Å². The Morgan fingerprint density at radius 2 is 1.85 bits per heavy atom. The molecule has 3 unspecified atom stereocenters. The zero-order chi connectivity index (χ0) is 25.6. The third-order valence-electron chi connectivity index (χ3n) is 5.36. The molecule has 33 heavy (non-hydrogen) atoms. The molecule has 3 atom stereocenters. The number of carbonyl (C=O) groups excluding carboxylic acids is 4. The van der Waals surface area contributed by atoms with E-state index < -0.39 is 41.1 Å². The minimum absolute atomic E-state index is 0.163. The molecule has 0 spiro atoms. The fourth-order valence-electron chi connectivity index (χ4n) is 3.68. The number of aliphatic hydroxyl groups is 1. The maximum atomic E-state index is 13.1. The summed E-state index contributed by atoms with van der Waals surface area (Å²) < 4.78 is 0. The predicted molar refractivity (Wildman–Crippen MR) is 129 cm³/mol. The fraction of sp³-hybridized carbons (Fsp3) is 0.750. The van der Waals surface area contributed by atoms with Crippen LogP contribution in [0.1, 0.15) is 73.6 Å². The van der Waals surface area contributed by atoms with E-state index in [-0.39, 0.29) is 19.2 Å². The normalized spacial score (nSPS) is 17.3. The van der Waals surface area contributed by atoms with Crippen molar-refractivity contribution in [3.63, 3.8) is 0 Å². The number of nitrogens with zero attached hydrogens (tertiary/aromatic N) is 1. The molecule has 1 fully saturated rings. The first kappa shape index (κ1) is 30.7. The molecule has 0 radical (unpaired) electrons. The van der Waals surface area contributed by atoms with Crippen LogP contribution in [0.3, 0.4) is 0 Å². The molecule has 0 saturated carbocycles. The van der Waals surface area contributed by atoms with Gasteiger partial charge in [-0.15, -0.1) is 6.58 Å². The zero-order valence-corrected chi connectivity index (χ0v) is 21.2. The van der Waals surface area contributed by atoms with Crippen LogP contribution in [-0.4, -0.2) is 71.5 Å². The lowest BCUT2D eigenvalue weighted by Crippen LogP contribution is -2.58. The van der Waals surface area contributed by atoms with Crippen LogP contribution in [0.2, 0.25) is 0 Å². The summed E-state index contributed by atoms with van der Waals surface area (Å²) in [6.45, 7) is 15.3. The van der Waals surface area contributed by atoms with Crippen LogP contribution in [0, 0.1) is 5.41 Å². The van der Waals surface area contributed by atoms with Crippen molar-refractivity contribution in [2.45, 2.75) is 91.8 Å². The van der Waals surface area contributed by atoms with Crippen molar-refractivity contribution >= 4 is 23.5 Å². The zero-order valence-electron chi connectivity index (χ0n) is 21.2. The lowest BCUT2D eigenvalue weighted by molar-refractivity contribution is -0.144. The summed E-state index contributed by atoms with van der Waals surface area (Å²) in [7, 11) is 0. The number of amides is 3. The number of hydrogen-bond acceptors (Lipinski definition) is 6. The summed E-state index contributed by atoms with van der Waals surface area (Å²) >= 11 is 0. The van der Waals surface area contributed by atoms with Gasteiger partial charge in [0.2, 0.25) is 17.6 Å². The topological polar surface area (TPSA) is 128 Å². The van der Waals surface area contributed by atoms with Crippen molar-refractivity contribution < 1.29 is 24.3 Å². The van der Waals surface area contributed by atoms with E-state index in [1.807, 2.05) is 41.5 Å². The van der Waals surface area contributed by atoms with Gasteiger partial charge in [-0.25, -0.2) is 0 Å². The summed E-state index contributed by atoms with van der Waals surface area (Å²) in [5.41, 5.74) is -0.466. The Labute approximate surface area is 198 Å². The van der Waals surface area contributed by atoms with Gasteiger partial charge >= 0.3 is 0 Å². The number of likely N-dealkylation sites (tertiary alicyclic amines) is 1. The second kappa shape index (κ2) is 15.6. The highest BCUT2D eigenvalue weighted by Crippen LogP contribution is 2.26. The molecule has 9 heteroatoms. The van der Waals surface area contributed by atoms with Gasteiger partial charge in [-0.05, 0) is 24.7 Å². The second-order valence-electron chi connectivity index (χ2n) is 8.92. The summed E-state index contributed by atoms with van der Waals surface area (Å²) in [6.07, 6.45) is 4.43. The number of nitrogens with one attached hydrogen (secondary N) is 3. The quantitative estimate of drug-likeness (QED) is 0.195. The average molecular weight is 469 g/mol. The molecule has 0 aromatic carbocycles. The summed E-state index contributed by atoms with van der Waals surface area (Å²) in [5.74, 6) is -2.16. The first-order valence-electron chi connectivity index (χ1n) is 12.0.